The standard InChI is InChI=1S/C24H17BrFNO3/c1-14-6-12-17(13-7-14)27-21(18-4-2-3-5-19(18)26)20(23(29)24(27)30)22(28)15-8-10-16(25)11-9-15/h2-13,21,28H,1H3/b22-20-. The van der Waals surface area contributed by atoms with Crippen LogP contribution < -0.4 is 4.90 Å². The molecule has 150 valence electrons. The van der Waals surface area contributed by atoms with E-state index in [1.807, 2.05) is 19.1 Å². The minimum atomic E-state index is -1.09. The molecular weight excluding hydrogens is 449 g/mol. The Bertz CT molecular complexity index is 1170. The number of benzene rings is 3. The van der Waals surface area contributed by atoms with Crippen molar-refractivity contribution in [2.75, 3.05) is 4.90 Å². The number of carbonyl (C=O) groups is 2. The predicted molar refractivity (Wildman–Crippen MR) is 117 cm³/mol. The van der Waals surface area contributed by atoms with Gasteiger partial charge in [-0.3, -0.25) is 14.5 Å². The van der Waals surface area contributed by atoms with Crippen LogP contribution in [0.2, 0.25) is 0 Å². The second-order valence-corrected chi connectivity index (χ2v) is 7.95. The number of carbonyl (C=O) groups excluding carboxylic acids is 2. The summed E-state index contributed by atoms with van der Waals surface area (Å²) in [6, 6.07) is 18.6. The van der Waals surface area contributed by atoms with Crippen molar-refractivity contribution in [2.45, 2.75) is 13.0 Å². The maximum atomic E-state index is 14.8. The van der Waals surface area contributed by atoms with Crippen LogP contribution in [0.4, 0.5) is 10.1 Å². The first-order valence-electron chi connectivity index (χ1n) is 9.26. The van der Waals surface area contributed by atoms with Crippen molar-refractivity contribution >= 4 is 39.1 Å². The van der Waals surface area contributed by atoms with Crippen molar-refractivity contribution < 1.29 is 19.1 Å². The first-order chi connectivity index (χ1) is 14.4. The molecule has 1 N–H and O–H groups in total. The topological polar surface area (TPSA) is 57.6 Å². The Hall–Kier alpha value is -3.25. The van der Waals surface area contributed by atoms with Gasteiger partial charge < -0.3 is 5.11 Å². The summed E-state index contributed by atoms with van der Waals surface area (Å²) in [5.41, 5.74) is 1.78. The molecule has 1 fully saturated rings. The smallest absolute Gasteiger partial charge is 0.300 e. The average Bonchev–Trinajstić information content (AvgIpc) is 3.00. The Labute approximate surface area is 181 Å². The molecule has 30 heavy (non-hydrogen) atoms. The number of aryl methyl sites for hydroxylation is 1. The first kappa shape index (κ1) is 20.0. The second kappa shape index (κ2) is 7.88. The highest BCUT2D eigenvalue weighted by Crippen LogP contribution is 2.42. The number of ketones is 1. The lowest BCUT2D eigenvalue weighted by molar-refractivity contribution is -0.132. The van der Waals surface area contributed by atoms with Crippen molar-refractivity contribution in [3.63, 3.8) is 0 Å². The van der Waals surface area contributed by atoms with Gasteiger partial charge in [0.05, 0.1) is 11.6 Å². The summed E-state index contributed by atoms with van der Waals surface area (Å²) in [6.45, 7) is 1.90. The van der Waals surface area contributed by atoms with Gasteiger partial charge in [0, 0.05) is 21.3 Å². The van der Waals surface area contributed by atoms with Crippen LogP contribution in [0.15, 0.2) is 82.8 Å². The van der Waals surface area contributed by atoms with Crippen LogP contribution in [0, 0.1) is 12.7 Å². The fourth-order valence-electron chi connectivity index (χ4n) is 3.56. The highest BCUT2D eigenvalue weighted by Gasteiger charge is 2.47. The maximum absolute atomic E-state index is 14.8. The summed E-state index contributed by atoms with van der Waals surface area (Å²) >= 11 is 3.33. The van der Waals surface area contributed by atoms with Gasteiger partial charge in [0.15, 0.2) is 0 Å². The summed E-state index contributed by atoms with van der Waals surface area (Å²) in [5, 5.41) is 11.0. The van der Waals surface area contributed by atoms with E-state index in [-0.39, 0.29) is 16.9 Å². The molecule has 4 rings (SSSR count). The van der Waals surface area contributed by atoms with E-state index in [0.29, 0.717) is 11.3 Å². The molecule has 1 aliphatic heterocycles. The van der Waals surface area contributed by atoms with Gasteiger partial charge in [-0.2, -0.15) is 0 Å². The third kappa shape index (κ3) is 3.44. The molecule has 0 aromatic heterocycles. The Morgan fingerprint density at radius 2 is 1.60 bits per heavy atom. The molecular formula is C24H17BrFNO3. The van der Waals surface area contributed by atoms with Crippen LogP contribution in [-0.4, -0.2) is 16.8 Å². The van der Waals surface area contributed by atoms with Crippen LogP contribution in [0.5, 0.6) is 0 Å². The van der Waals surface area contributed by atoms with Gasteiger partial charge in [-0.1, -0.05) is 64.0 Å². The van der Waals surface area contributed by atoms with E-state index in [9.17, 15) is 19.1 Å². The normalized spacial score (nSPS) is 18.1. The molecule has 1 saturated heterocycles. The van der Waals surface area contributed by atoms with Crippen molar-refractivity contribution in [3.8, 4) is 0 Å². The fraction of sp³-hybridized carbons (Fsp3) is 0.0833. The number of Topliss-reactive ketones (excluding diaryl/α,β-unsaturated/α-hetero) is 1. The zero-order valence-electron chi connectivity index (χ0n) is 16.0. The molecule has 1 unspecified atom stereocenters. The zero-order valence-corrected chi connectivity index (χ0v) is 17.6. The van der Waals surface area contributed by atoms with Gasteiger partial charge in [-0.25, -0.2) is 4.39 Å². The molecule has 3 aromatic carbocycles. The molecule has 0 bridgehead atoms. The highest BCUT2D eigenvalue weighted by atomic mass is 79.9. The number of aliphatic hydroxyl groups is 1. The molecule has 0 aliphatic carbocycles. The monoisotopic (exact) mass is 465 g/mol. The number of hydrogen-bond donors (Lipinski definition) is 1. The summed E-state index contributed by atoms with van der Waals surface area (Å²) in [5.74, 6) is -2.58. The number of nitrogens with zero attached hydrogens (tertiary/aromatic N) is 1. The summed E-state index contributed by atoms with van der Waals surface area (Å²) in [4.78, 5) is 27.2. The van der Waals surface area contributed by atoms with E-state index in [2.05, 4.69) is 15.9 Å². The lowest BCUT2D eigenvalue weighted by atomic mass is 9.94. The minimum absolute atomic E-state index is 0.135. The van der Waals surface area contributed by atoms with Crippen LogP contribution in [-0.2, 0) is 9.59 Å². The fourth-order valence-corrected chi connectivity index (χ4v) is 3.82. The largest absolute Gasteiger partial charge is 0.507 e. The summed E-state index contributed by atoms with van der Waals surface area (Å²) in [7, 11) is 0. The molecule has 0 saturated carbocycles. The van der Waals surface area contributed by atoms with Crippen molar-refractivity contribution in [1.29, 1.82) is 0 Å². The van der Waals surface area contributed by atoms with E-state index < -0.39 is 23.5 Å². The molecule has 1 amide bonds. The Morgan fingerprint density at radius 1 is 0.967 bits per heavy atom. The van der Waals surface area contributed by atoms with Gasteiger partial charge in [0.25, 0.3) is 11.7 Å². The van der Waals surface area contributed by atoms with Crippen molar-refractivity contribution in [3.05, 3.63) is 105 Å². The lowest BCUT2D eigenvalue weighted by Gasteiger charge is -2.25. The molecule has 4 nitrogen and oxygen atoms in total. The van der Waals surface area contributed by atoms with E-state index in [1.54, 1.807) is 42.5 Å². The molecule has 0 spiro atoms. The van der Waals surface area contributed by atoms with E-state index in [4.69, 9.17) is 0 Å². The van der Waals surface area contributed by atoms with Crippen LogP contribution in [0.1, 0.15) is 22.7 Å². The molecule has 1 heterocycles. The Balaban J connectivity index is 1.96. The van der Waals surface area contributed by atoms with Gasteiger partial charge in [-0.05, 0) is 37.3 Å². The predicted octanol–water partition coefficient (Wildman–Crippen LogP) is 5.52. The molecule has 0 radical (unpaired) electrons. The highest BCUT2D eigenvalue weighted by molar-refractivity contribution is 9.10. The molecule has 1 aliphatic rings. The summed E-state index contributed by atoms with van der Waals surface area (Å²) < 4.78 is 15.6. The minimum Gasteiger partial charge on any atom is -0.507 e. The quantitative estimate of drug-likeness (QED) is 0.314. The van der Waals surface area contributed by atoms with Crippen LogP contribution in [0.3, 0.4) is 0 Å². The van der Waals surface area contributed by atoms with E-state index in [1.165, 1.54) is 23.1 Å². The molecule has 1 atom stereocenters. The number of anilines is 1. The third-order valence-corrected chi connectivity index (χ3v) is 5.60. The average molecular weight is 466 g/mol. The SMILES string of the molecule is Cc1ccc(N2C(=O)C(=O)/C(=C(\O)c3ccc(Br)cc3)C2c2ccccc2F)cc1. The summed E-state index contributed by atoms with van der Waals surface area (Å²) in [6.07, 6.45) is 0. The zero-order chi connectivity index (χ0) is 21.4. The first-order valence-corrected chi connectivity index (χ1v) is 10.1. The van der Waals surface area contributed by atoms with Crippen LogP contribution in [0.25, 0.3) is 5.76 Å². The van der Waals surface area contributed by atoms with E-state index >= 15 is 0 Å². The van der Waals surface area contributed by atoms with Crippen molar-refractivity contribution in [2.24, 2.45) is 0 Å². The van der Waals surface area contributed by atoms with Crippen LogP contribution >= 0.6 is 15.9 Å². The van der Waals surface area contributed by atoms with E-state index in [0.717, 1.165) is 10.0 Å². The number of amides is 1. The Kier molecular flexibility index (Phi) is 5.26. The van der Waals surface area contributed by atoms with Gasteiger partial charge in [-0.15, -0.1) is 0 Å². The number of aliphatic hydroxyl groups excluding tert-OH is 1. The van der Waals surface area contributed by atoms with Gasteiger partial charge >= 0.3 is 0 Å². The second-order valence-electron chi connectivity index (χ2n) is 7.03. The molecule has 3 aromatic rings. The van der Waals surface area contributed by atoms with Gasteiger partial charge in [0.1, 0.15) is 11.6 Å². The molecule has 6 heteroatoms. The van der Waals surface area contributed by atoms with Crippen molar-refractivity contribution in [1.82, 2.24) is 0 Å². The number of hydrogen-bond acceptors (Lipinski definition) is 3. The van der Waals surface area contributed by atoms with Gasteiger partial charge in [0.2, 0.25) is 0 Å². The number of rotatable bonds is 3. The lowest BCUT2D eigenvalue weighted by Crippen LogP contribution is -2.29. The third-order valence-electron chi connectivity index (χ3n) is 5.07. The maximum Gasteiger partial charge on any atom is 0.300 e. The number of halogens is 2. The Morgan fingerprint density at radius 3 is 2.23 bits per heavy atom.